The maximum atomic E-state index is 11.0. The summed E-state index contributed by atoms with van der Waals surface area (Å²) in [4.78, 5) is 24.2. The van der Waals surface area contributed by atoms with Gasteiger partial charge in [0, 0.05) is 17.0 Å². The molecule has 4 heteroatoms. The number of aldehydes is 1. The second-order valence-corrected chi connectivity index (χ2v) is 2.97. The Morgan fingerprint density at radius 3 is 2.64 bits per heavy atom. The van der Waals surface area contributed by atoms with E-state index in [9.17, 15) is 9.59 Å². The average Bonchev–Trinajstić information content (AvgIpc) is 2.20. The van der Waals surface area contributed by atoms with Gasteiger partial charge < -0.3 is 10.7 Å². The first-order chi connectivity index (χ1) is 6.72. The molecule has 0 amide bonds. The van der Waals surface area contributed by atoms with E-state index in [1.807, 2.05) is 0 Å². The van der Waals surface area contributed by atoms with E-state index in [-0.39, 0.29) is 5.56 Å². The number of anilines is 1. The van der Waals surface area contributed by atoms with Gasteiger partial charge in [0.15, 0.2) is 6.29 Å². The van der Waals surface area contributed by atoms with E-state index in [0.717, 1.165) is 5.39 Å². The minimum Gasteiger partial charge on any atom is -0.396 e. The van der Waals surface area contributed by atoms with Crippen LogP contribution in [0.4, 0.5) is 5.69 Å². The summed E-state index contributed by atoms with van der Waals surface area (Å²) in [5, 5.41) is 0.813. The molecule has 0 fully saturated rings. The fourth-order valence-corrected chi connectivity index (χ4v) is 1.36. The summed E-state index contributed by atoms with van der Waals surface area (Å²) in [5.74, 6) is 0. The smallest absolute Gasteiger partial charge is 0.248 e. The number of nitrogens with two attached hydrogens (primary N) is 1. The van der Waals surface area contributed by atoms with E-state index >= 15 is 0 Å². The summed E-state index contributed by atoms with van der Waals surface area (Å²) < 4.78 is 0. The number of H-pyrrole nitrogens is 1. The van der Waals surface area contributed by atoms with Crippen molar-refractivity contribution in [1.29, 1.82) is 0 Å². The van der Waals surface area contributed by atoms with Crippen LogP contribution in [0.1, 0.15) is 10.4 Å². The van der Waals surface area contributed by atoms with Crippen molar-refractivity contribution < 1.29 is 4.79 Å². The Bertz CT molecular complexity index is 558. The van der Waals surface area contributed by atoms with Gasteiger partial charge in [-0.05, 0) is 12.1 Å². The summed E-state index contributed by atoms with van der Waals surface area (Å²) in [5.41, 5.74) is 6.69. The minimum atomic E-state index is -0.229. The van der Waals surface area contributed by atoms with Gasteiger partial charge in [0.05, 0.1) is 11.2 Å². The van der Waals surface area contributed by atoms with Gasteiger partial charge in [-0.3, -0.25) is 9.59 Å². The molecular formula is C10H8N2O2. The van der Waals surface area contributed by atoms with Crippen LogP contribution in [0.5, 0.6) is 0 Å². The third-order valence-corrected chi connectivity index (χ3v) is 2.10. The maximum absolute atomic E-state index is 11.0. The Kier molecular flexibility index (Phi) is 1.81. The van der Waals surface area contributed by atoms with Crippen molar-refractivity contribution in [3.8, 4) is 0 Å². The monoisotopic (exact) mass is 188 g/mol. The molecule has 0 saturated heterocycles. The van der Waals surface area contributed by atoms with Gasteiger partial charge in [-0.25, -0.2) is 0 Å². The topological polar surface area (TPSA) is 76.0 Å². The summed E-state index contributed by atoms with van der Waals surface area (Å²) in [6.45, 7) is 0. The molecule has 3 N–H and O–H groups in total. The number of nitrogen functional groups attached to an aromatic ring is 1. The molecule has 0 unspecified atom stereocenters. The SMILES string of the molecule is Nc1c(C=O)ccc2ccc(=O)[nH]c12. The number of benzene rings is 1. The zero-order valence-electron chi connectivity index (χ0n) is 7.28. The van der Waals surface area contributed by atoms with Gasteiger partial charge in [-0.1, -0.05) is 6.07 Å². The highest BCUT2D eigenvalue weighted by Crippen LogP contribution is 2.20. The molecule has 14 heavy (non-hydrogen) atoms. The van der Waals surface area contributed by atoms with Crippen LogP contribution < -0.4 is 11.3 Å². The van der Waals surface area contributed by atoms with E-state index in [2.05, 4.69) is 4.98 Å². The normalized spacial score (nSPS) is 10.3. The predicted molar refractivity (Wildman–Crippen MR) is 54.4 cm³/mol. The van der Waals surface area contributed by atoms with E-state index in [0.29, 0.717) is 23.1 Å². The van der Waals surface area contributed by atoms with E-state index in [1.54, 1.807) is 18.2 Å². The maximum Gasteiger partial charge on any atom is 0.248 e. The van der Waals surface area contributed by atoms with Gasteiger partial charge in [-0.2, -0.15) is 0 Å². The van der Waals surface area contributed by atoms with Crippen LogP contribution in [-0.2, 0) is 0 Å². The molecule has 0 aliphatic rings. The quantitative estimate of drug-likeness (QED) is 0.516. The molecule has 2 aromatic rings. The number of hydrogen-bond acceptors (Lipinski definition) is 3. The van der Waals surface area contributed by atoms with Gasteiger partial charge in [-0.15, -0.1) is 0 Å². The van der Waals surface area contributed by atoms with E-state index in [4.69, 9.17) is 5.73 Å². The number of aromatic nitrogens is 1. The van der Waals surface area contributed by atoms with Crippen LogP contribution in [0.3, 0.4) is 0 Å². The third kappa shape index (κ3) is 1.17. The van der Waals surface area contributed by atoms with Crippen molar-refractivity contribution in [1.82, 2.24) is 4.98 Å². The second-order valence-electron chi connectivity index (χ2n) is 2.97. The van der Waals surface area contributed by atoms with Crippen LogP contribution in [0.15, 0.2) is 29.1 Å². The van der Waals surface area contributed by atoms with Gasteiger partial charge in [0.1, 0.15) is 0 Å². The number of pyridine rings is 1. The molecule has 0 aliphatic carbocycles. The molecule has 0 aliphatic heterocycles. The highest BCUT2D eigenvalue weighted by atomic mass is 16.1. The van der Waals surface area contributed by atoms with Crippen LogP contribution in [-0.4, -0.2) is 11.3 Å². The zero-order valence-corrected chi connectivity index (χ0v) is 7.28. The number of rotatable bonds is 1. The van der Waals surface area contributed by atoms with Crippen LogP contribution >= 0.6 is 0 Å². The lowest BCUT2D eigenvalue weighted by molar-refractivity contribution is 0.112. The Labute approximate surface area is 79.4 Å². The largest absolute Gasteiger partial charge is 0.396 e. The molecule has 0 atom stereocenters. The number of carbonyl (C=O) groups excluding carboxylic acids is 1. The molecule has 1 heterocycles. The van der Waals surface area contributed by atoms with Gasteiger partial charge >= 0.3 is 0 Å². The van der Waals surface area contributed by atoms with Crippen molar-refractivity contribution in [3.63, 3.8) is 0 Å². The lowest BCUT2D eigenvalue weighted by Crippen LogP contribution is -2.05. The predicted octanol–water partition coefficient (Wildman–Crippen LogP) is 0.923. The molecule has 1 aromatic carbocycles. The summed E-state index contributed by atoms with van der Waals surface area (Å²) in [6, 6.07) is 6.45. The fraction of sp³-hybridized carbons (Fsp3) is 0. The van der Waals surface area contributed by atoms with Crippen LogP contribution in [0, 0.1) is 0 Å². The highest BCUT2D eigenvalue weighted by molar-refractivity contribution is 5.98. The molecule has 0 radical (unpaired) electrons. The molecule has 1 aromatic heterocycles. The highest BCUT2D eigenvalue weighted by Gasteiger charge is 2.03. The van der Waals surface area contributed by atoms with Gasteiger partial charge in [0.25, 0.3) is 0 Å². The lowest BCUT2D eigenvalue weighted by Gasteiger charge is -2.03. The van der Waals surface area contributed by atoms with E-state index in [1.165, 1.54) is 6.07 Å². The lowest BCUT2D eigenvalue weighted by atomic mass is 10.1. The number of aromatic amines is 1. The van der Waals surface area contributed by atoms with Crippen molar-refractivity contribution in [2.24, 2.45) is 0 Å². The summed E-state index contributed by atoms with van der Waals surface area (Å²) >= 11 is 0. The fourth-order valence-electron chi connectivity index (χ4n) is 1.36. The number of carbonyl (C=O) groups is 1. The molecule has 70 valence electrons. The second kappa shape index (κ2) is 2.99. The Morgan fingerprint density at radius 1 is 1.21 bits per heavy atom. The Morgan fingerprint density at radius 2 is 1.93 bits per heavy atom. The zero-order chi connectivity index (χ0) is 10.1. The average molecular weight is 188 g/mol. The van der Waals surface area contributed by atoms with Crippen molar-refractivity contribution in [3.05, 3.63) is 40.2 Å². The first-order valence-electron chi connectivity index (χ1n) is 4.09. The van der Waals surface area contributed by atoms with Crippen molar-refractivity contribution in [2.45, 2.75) is 0 Å². The molecular weight excluding hydrogens is 180 g/mol. The standard InChI is InChI=1S/C10H8N2O2/c11-9-7(5-13)2-1-6-3-4-8(14)12-10(6)9/h1-5H,11H2,(H,12,14). The molecule has 4 nitrogen and oxygen atoms in total. The Balaban J connectivity index is 2.93. The van der Waals surface area contributed by atoms with Crippen molar-refractivity contribution >= 4 is 22.9 Å². The van der Waals surface area contributed by atoms with Crippen molar-refractivity contribution in [2.75, 3.05) is 5.73 Å². The molecule has 0 spiro atoms. The number of nitrogens with one attached hydrogen (secondary N) is 1. The first kappa shape index (κ1) is 8.50. The molecule has 0 saturated carbocycles. The van der Waals surface area contributed by atoms with Gasteiger partial charge in [0.2, 0.25) is 5.56 Å². The number of fused-ring (bicyclic) bond motifs is 1. The van der Waals surface area contributed by atoms with Crippen LogP contribution in [0.2, 0.25) is 0 Å². The summed E-state index contributed by atoms with van der Waals surface area (Å²) in [7, 11) is 0. The summed E-state index contributed by atoms with van der Waals surface area (Å²) in [6.07, 6.45) is 0.667. The van der Waals surface area contributed by atoms with Crippen LogP contribution in [0.25, 0.3) is 10.9 Å². The first-order valence-corrected chi connectivity index (χ1v) is 4.09. The Hall–Kier alpha value is -2.10. The minimum absolute atomic E-state index is 0.229. The third-order valence-electron chi connectivity index (χ3n) is 2.10. The number of hydrogen-bond donors (Lipinski definition) is 2. The molecule has 2 rings (SSSR count). The molecule has 0 bridgehead atoms. The van der Waals surface area contributed by atoms with E-state index < -0.39 is 0 Å².